The summed E-state index contributed by atoms with van der Waals surface area (Å²) in [6, 6.07) is 6.22. The molecule has 5 N–H and O–H groups in total. The van der Waals surface area contributed by atoms with Crippen molar-refractivity contribution < 1.29 is 24.2 Å². The van der Waals surface area contributed by atoms with Crippen LogP contribution in [0.25, 0.3) is 0 Å². The number of para-hydroxylation sites is 1. The second-order valence-corrected chi connectivity index (χ2v) is 2.23. The van der Waals surface area contributed by atoms with Crippen LogP contribution in [0.4, 0.5) is 10.1 Å². The Hall–Kier alpha value is -2.15. The highest BCUT2D eigenvalue weighted by atomic mass is 19.1. The zero-order valence-electron chi connectivity index (χ0n) is 7.48. The van der Waals surface area contributed by atoms with Gasteiger partial charge in [-0.2, -0.15) is 0 Å². The van der Waals surface area contributed by atoms with Gasteiger partial charge in [0.15, 0.2) is 0 Å². The molecular weight excluding hydrogens is 207 g/mol. The van der Waals surface area contributed by atoms with E-state index in [9.17, 15) is 4.39 Å². The fraction of sp³-hybridized carbons (Fsp3) is 0. The van der Waals surface area contributed by atoms with Gasteiger partial charge in [0.2, 0.25) is 0 Å². The van der Waals surface area contributed by atoms with Crippen LogP contribution < -0.4 is 11.3 Å². The van der Waals surface area contributed by atoms with Crippen LogP contribution in [-0.2, 0) is 9.59 Å². The summed E-state index contributed by atoms with van der Waals surface area (Å²) in [7, 11) is 0. The smallest absolute Gasteiger partial charge is 0.414 e. The van der Waals surface area contributed by atoms with Gasteiger partial charge in [-0.05, 0) is 12.1 Å². The van der Waals surface area contributed by atoms with Crippen molar-refractivity contribution in [1.82, 2.24) is 0 Å². The molecule has 1 rings (SSSR count). The highest BCUT2D eigenvalue weighted by molar-refractivity contribution is 6.27. The molecule has 0 fully saturated rings. The van der Waals surface area contributed by atoms with Crippen molar-refractivity contribution in [2.45, 2.75) is 0 Å². The molecule has 6 nitrogen and oxygen atoms in total. The van der Waals surface area contributed by atoms with Crippen LogP contribution in [0.5, 0.6) is 0 Å². The van der Waals surface area contributed by atoms with Gasteiger partial charge in [0.05, 0.1) is 5.69 Å². The lowest BCUT2D eigenvalue weighted by Crippen LogP contribution is -2.09. The molecule has 0 aliphatic rings. The van der Waals surface area contributed by atoms with Gasteiger partial charge in [0.1, 0.15) is 5.82 Å². The van der Waals surface area contributed by atoms with Crippen LogP contribution in [0.2, 0.25) is 0 Å². The van der Waals surface area contributed by atoms with Crippen molar-refractivity contribution in [3.8, 4) is 0 Å². The number of hydrogen-bond acceptors (Lipinski definition) is 4. The first-order chi connectivity index (χ1) is 6.99. The van der Waals surface area contributed by atoms with Crippen LogP contribution in [0.1, 0.15) is 0 Å². The highest BCUT2D eigenvalue weighted by Crippen LogP contribution is 2.09. The quantitative estimate of drug-likeness (QED) is 0.304. The zero-order chi connectivity index (χ0) is 11.8. The van der Waals surface area contributed by atoms with Gasteiger partial charge < -0.3 is 15.6 Å². The van der Waals surface area contributed by atoms with Gasteiger partial charge in [-0.1, -0.05) is 12.1 Å². The third-order valence-corrected chi connectivity index (χ3v) is 1.21. The minimum Gasteiger partial charge on any atom is -0.473 e. The van der Waals surface area contributed by atoms with E-state index in [0.717, 1.165) is 0 Å². The zero-order valence-corrected chi connectivity index (χ0v) is 7.48. The van der Waals surface area contributed by atoms with Crippen molar-refractivity contribution in [3.63, 3.8) is 0 Å². The van der Waals surface area contributed by atoms with Crippen molar-refractivity contribution in [3.05, 3.63) is 30.1 Å². The number of aliphatic carboxylic acids is 2. The Morgan fingerprint density at radius 1 is 1.20 bits per heavy atom. The van der Waals surface area contributed by atoms with E-state index >= 15 is 0 Å². The maximum Gasteiger partial charge on any atom is 0.414 e. The van der Waals surface area contributed by atoms with Crippen molar-refractivity contribution in [2.75, 3.05) is 5.43 Å². The van der Waals surface area contributed by atoms with E-state index < -0.39 is 11.9 Å². The first kappa shape index (κ1) is 12.8. The number of carboxylic acids is 2. The predicted octanol–water partition coefficient (Wildman–Crippen LogP) is 0.267. The summed E-state index contributed by atoms with van der Waals surface area (Å²) in [5.41, 5.74) is 2.54. The molecule has 0 unspecified atom stereocenters. The first-order valence-corrected chi connectivity index (χ1v) is 3.66. The summed E-state index contributed by atoms with van der Waals surface area (Å²) in [5, 5.41) is 14.8. The Morgan fingerprint density at radius 3 is 1.93 bits per heavy atom. The molecule has 0 aliphatic heterocycles. The van der Waals surface area contributed by atoms with Crippen LogP contribution in [0, 0.1) is 5.82 Å². The molecular formula is C8H9FN2O4. The number of nitrogens with two attached hydrogens (primary N) is 1. The summed E-state index contributed by atoms with van der Waals surface area (Å²) in [4.78, 5) is 18.2. The summed E-state index contributed by atoms with van der Waals surface area (Å²) in [6.07, 6.45) is 0. The fourth-order valence-electron chi connectivity index (χ4n) is 0.578. The van der Waals surface area contributed by atoms with Gasteiger partial charge in [-0.25, -0.2) is 14.0 Å². The molecule has 0 radical (unpaired) electrons. The molecule has 82 valence electrons. The third kappa shape index (κ3) is 5.21. The number of nitrogen functional groups attached to an aromatic ring is 1. The number of rotatable bonds is 1. The van der Waals surface area contributed by atoms with Crippen LogP contribution in [0.15, 0.2) is 24.3 Å². The number of hydrazine groups is 1. The van der Waals surface area contributed by atoms with Gasteiger partial charge >= 0.3 is 11.9 Å². The maximum atomic E-state index is 12.4. The molecule has 0 heterocycles. The Morgan fingerprint density at radius 2 is 1.67 bits per heavy atom. The first-order valence-electron chi connectivity index (χ1n) is 3.66. The maximum absolute atomic E-state index is 12.4. The number of hydrogen-bond donors (Lipinski definition) is 4. The van der Waals surface area contributed by atoms with E-state index in [2.05, 4.69) is 5.43 Å². The Bertz CT molecular complexity index is 344. The molecule has 0 bridgehead atoms. The molecule has 1 aromatic carbocycles. The average molecular weight is 216 g/mol. The van der Waals surface area contributed by atoms with E-state index in [4.69, 9.17) is 25.6 Å². The Balaban J connectivity index is 0.000000288. The Kier molecular flexibility index (Phi) is 5.42. The van der Waals surface area contributed by atoms with E-state index in [1.165, 1.54) is 6.07 Å². The normalized spacial score (nSPS) is 8.40. The fourth-order valence-corrected chi connectivity index (χ4v) is 0.578. The minimum absolute atomic E-state index is 0.317. The number of nitrogens with one attached hydrogen (secondary N) is 1. The summed E-state index contributed by atoms with van der Waals surface area (Å²) in [5.74, 6) is 0.979. The van der Waals surface area contributed by atoms with Gasteiger partial charge in [-0.15, -0.1) is 0 Å². The standard InChI is InChI=1S/C6H7FN2.C2H2O4/c7-5-3-1-2-4-6(5)9-8;3-1(4)2(5)6/h1-4,9H,8H2;(H,3,4)(H,5,6). The molecule has 1 aromatic rings. The SMILES string of the molecule is NNc1ccccc1F.O=C(O)C(=O)O. The van der Waals surface area contributed by atoms with Gasteiger partial charge in [0, 0.05) is 0 Å². The molecule has 15 heavy (non-hydrogen) atoms. The number of halogens is 1. The number of anilines is 1. The average Bonchev–Trinajstić information content (AvgIpc) is 2.19. The van der Waals surface area contributed by atoms with Crippen LogP contribution in [0.3, 0.4) is 0 Å². The van der Waals surface area contributed by atoms with E-state index in [1.807, 2.05) is 0 Å². The van der Waals surface area contributed by atoms with Gasteiger partial charge in [-0.3, -0.25) is 5.84 Å². The molecule has 7 heteroatoms. The number of carbonyl (C=O) groups is 2. The van der Waals surface area contributed by atoms with Gasteiger partial charge in [0.25, 0.3) is 0 Å². The summed E-state index contributed by atoms with van der Waals surface area (Å²) in [6.45, 7) is 0. The topological polar surface area (TPSA) is 113 Å². The predicted molar refractivity (Wildman–Crippen MR) is 49.5 cm³/mol. The van der Waals surface area contributed by atoms with Crippen LogP contribution >= 0.6 is 0 Å². The molecule has 0 atom stereocenters. The second kappa shape index (κ2) is 6.33. The Labute approximate surface area is 84.1 Å². The van der Waals surface area contributed by atoms with E-state index in [-0.39, 0.29) is 5.82 Å². The summed E-state index contributed by atoms with van der Waals surface area (Å²) < 4.78 is 12.4. The highest BCUT2D eigenvalue weighted by Gasteiger charge is 2.04. The monoisotopic (exact) mass is 216 g/mol. The molecule has 0 saturated carbocycles. The third-order valence-electron chi connectivity index (χ3n) is 1.21. The largest absolute Gasteiger partial charge is 0.473 e. The second-order valence-electron chi connectivity index (χ2n) is 2.23. The van der Waals surface area contributed by atoms with Crippen molar-refractivity contribution in [1.29, 1.82) is 0 Å². The number of carboxylic acid groups (broad SMARTS) is 2. The molecule has 0 amide bonds. The lowest BCUT2D eigenvalue weighted by Gasteiger charge is -1.97. The molecule has 0 aromatic heterocycles. The summed E-state index contributed by atoms with van der Waals surface area (Å²) >= 11 is 0. The lowest BCUT2D eigenvalue weighted by atomic mass is 10.3. The van der Waals surface area contributed by atoms with Crippen molar-refractivity contribution >= 4 is 17.6 Å². The van der Waals surface area contributed by atoms with E-state index in [0.29, 0.717) is 5.69 Å². The molecule has 0 spiro atoms. The molecule has 0 saturated heterocycles. The van der Waals surface area contributed by atoms with E-state index in [1.54, 1.807) is 18.2 Å². The minimum atomic E-state index is -1.82. The molecule has 0 aliphatic carbocycles. The van der Waals surface area contributed by atoms with Crippen molar-refractivity contribution in [2.24, 2.45) is 5.84 Å². The van der Waals surface area contributed by atoms with Crippen LogP contribution in [-0.4, -0.2) is 22.2 Å². The lowest BCUT2D eigenvalue weighted by molar-refractivity contribution is -0.159. The number of benzene rings is 1.